The molecule has 1 saturated heterocycles. The van der Waals surface area contributed by atoms with Gasteiger partial charge in [0.15, 0.2) is 5.78 Å². The first kappa shape index (κ1) is 18.6. The first-order valence-corrected chi connectivity index (χ1v) is 9.71. The van der Waals surface area contributed by atoms with E-state index < -0.39 is 5.82 Å². The largest absolute Gasteiger partial charge is 0.352 e. The van der Waals surface area contributed by atoms with E-state index in [0.29, 0.717) is 17.2 Å². The van der Waals surface area contributed by atoms with Gasteiger partial charge in [-0.05, 0) is 60.7 Å². The van der Waals surface area contributed by atoms with Gasteiger partial charge in [-0.1, -0.05) is 12.1 Å². The fraction of sp³-hybridized carbons (Fsp3) is 0.304. The lowest BCUT2D eigenvalue weighted by atomic mass is 9.97. The molecule has 0 bridgehead atoms. The average Bonchev–Trinajstić information content (AvgIpc) is 3.32. The highest BCUT2D eigenvalue weighted by molar-refractivity contribution is 6.00. The molecule has 3 aromatic rings. The quantitative estimate of drug-likeness (QED) is 0.487. The van der Waals surface area contributed by atoms with Gasteiger partial charge in [0.25, 0.3) is 0 Å². The standard InChI is InChI=1S/C23H24FN3O/c1-2-3-7-27-8-6-18(15-27)17-4-5-21-19(11-17)12-22(26-21)23(28)10-16-9-20(24)14-25-13-16/h2,4-5,9,11-14,18,26H,1,3,6-8,10,15H2. The molecule has 28 heavy (non-hydrogen) atoms. The van der Waals surface area contributed by atoms with Gasteiger partial charge >= 0.3 is 0 Å². The van der Waals surface area contributed by atoms with Crippen LogP contribution in [0.3, 0.4) is 0 Å². The molecule has 2 aromatic heterocycles. The summed E-state index contributed by atoms with van der Waals surface area (Å²) in [5, 5.41) is 1.04. The highest BCUT2D eigenvalue weighted by atomic mass is 19.1. The number of halogens is 1. The number of nitrogens with zero attached hydrogens (tertiary/aromatic N) is 2. The number of nitrogens with one attached hydrogen (secondary N) is 1. The first-order valence-electron chi connectivity index (χ1n) is 9.71. The second-order valence-electron chi connectivity index (χ2n) is 7.50. The van der Waals surface area contributed by atoms with E-state index in [9.17, 15) is 9.18 Å². The Labute approximate surface area is 164 Å². The van der Waals surface area contributed by atoms with Crippen LogP contribution >= 0.6 is 0 Å². The first-order chi connectivity index (χ1) is 13.6. The van der Waals surface area contributed by atoms with Crippen LogP contribution in [0.5, 0.6) is 0 Å². The van der Waals surface area contributed by atoms with Crippen molar-refractivity contribution >= 4 is 16.7 Å². The van der Waals surface area contributed by atoms with Crippen molar-refractivity contribution in [2.24, 2.45) is 0 Å². The molecule has 0 radical (unpaired) electrons. The van der Waals surface area contributed by atoms with Crippen molar-refractivity contribution in [2.45, 2.75) is 25.2 Å². The van der Waals surface area contributed by atoms with Crippen molar-refractivity contribution in [3.63, 3.8) is 0 Å². The fourth-order valence-electron chi connectivity index (χ4n) is 3.97. The number of hydrogen-bond acceptors (Lipinski definition) is 3. The maximum atomic E-state index is 13.3. The van der Waals surface area contributed by atoms with Crippen LogP contribution in [-0.2, 0) is 6.42 Å². The molecule has 1 atom stereocenters. The van der Waals surface area contributed by atoms with E-state index in [-0.39, 0.29) is 12.2 Å². The lowest BCUT2D eigenvalue weighted by molar-refractivity contribution is 0.0989. The molecule has 0 aliphatic carbocycles. The van der Waals surface area contributed by atoms with Gasteiger partial charge in [0.2, 0.25) is 0 Å². The minimum atomic E-state index is -0.426. The molecule has 1 unspecified atom stereocenters. The van der Waals surface area contributed by atoms with E-state index in [1.54, 1.807) is 0 Å². The number of pyridine rings is 1. The SMILES string of the molecule is C=CCCN1CCC(c2ccc3[nH]c(C(=O)Cc4cncc(F)c4)cc3c2)C1. The van der Waals surface area contributed by atoms with Gasteiger partial charge in [0.05, 0.1) is 11.9 Å². The monoisotopic (exact) mass is 377 g/mol. The van der Waals surface area contributed by atoms with Crippen LogP contribution in [0.25, 0.3) is 10.9 Å². The number of fused-ring (bicyclic) bond motifs is 1. The summed E-state index contributed by atoms with van der Waals surface area (Å²) in [7, 11) is 0. The molecule has 144 valence electrons. The number of benzene rings is 1. The smallest absolute Gasteiger partial charge is 0.183 e. The molecule has 5 heteroatoms. The van der Waals surface area contributed by atoms with E-state index in [1.165, 1.54) is 17.8 Å². The van der Waals surface area contributed by atoms with Crippen molar-refractivity contribution in [3.8, 4) is 0 Å². The average molecular weight is 377 g/mol. The van der Waals surface area contributed by atoms with Crippen LogP contribution in [0, 0.1) is 5.82 Å². The second kappa shape index (κ2) is 8.07. The van der Waals surface area contributed by atoms with E-state index in [2.05, 4.69) is 39.6 Å². The Morgan fingerprint density at radius 1 is 1.32 bits per heavy atom. The number of Topliss-reactive ketones (excluding diaryl/α,β-unsaturated/α-hetero) is 1. The minimum absolute atomic E-state index is 0.0679. The number of likely N-dealkylation sites (tertiary alicyclic amines) is 1. The second-order valence-corrected chi connectivity index (χ2v) is 7.50. The zero-order valence-corrected chi connectivity index (χ0v) is 15.8. The third-order valence-electron chi connectivity index (χ3n) is 5.46. The molecule has 0 saturated carbocycles. The zero-order chi connectivity index (χ0) is 19.5. The number of ketones is 1. The zero-order valence-electron chi connectivity index (χ0n) is 15.8. The summed E-state index contributed by atoms with van der Waals surface area (Å²) < 4.78 is 13.3. The number of hydrogen-bond donors (Lipinski definition) is 1. The van der Waals surface area contributed by atoms with E-state index in [1.807, 2.05) is 12.1 Å². The lowest BCUT2D eigenvalue weighted by Gasteiger charge is -2.15. The Hall–Kier alpha value is -2.79. The van der Waals surface area contributed by atoms with Crippen molar-refractivity contribution in [3.05, 3.63) is 78.0 Å². The Bertz CT molecular complexity index is 1010. The molecule has 4 nitrogen and oxygen atoms in total. The topological polar surface area (TPSA) is 49.0 Å². The van der Waals surface area contributed by atoms with Crippen molar-refractivity contribution in [2.75, 3.05) is 19.6 Å². The van der Waals surface area contributed by atoms with E-state index in [4.69, 9.17) is 0 Å². The third-order valence-corrected chi connectivity index (χ3v) is 5.46. The van der Waals surface area contributed by atoms with Crippen LogP contribution in [0.4, 0.5) is 4.39 Å². The Morgan fingerprint density at radius 2 is 2.21 bits per heavy atom. The number of aromatic nitrogens is 2. The molecule has 0 spiro atoms. The molecule has 1 aliphatic rings. The maximum absolute atomic E-state index is 13.3. The van der Waals surface area contributed by atoms with Gasteiger partial charge in [0, 0.05) is 36.6 Å². The van der Waals surface area contributed by atoms with Gasteiger partial charge in [-0.3, -0.25) is 9.78 Å². The molecule has 4 rings (SSSR count). The molecular formula is C23H24FN3O. The molecule has 1 fully saturated rings. The number of carbonyl (C=O) groups excluding carboxylic acids is 1. The molecule has 0 amide bonds. The van der Waals surface area contributed by atoms with Crippen LogP contribution in [-0.4, -0.2) is 40.3 Å². The van der Waals surface area contributed by atoms with Gasteiger partial charge in [-0.25, -0.2) is 4.39 Å². The number of rotatable bonds is 7. The van der Waals surface area contributed by atoms with Crippen LogP contribution in [0.2, 0.25) is 0 Å². The predicted molar refractivity (Wildman–Crippen MR) is 109 cm³/mol. The van der Waals surface area contributed by atoms with Gasteiger partial charge in [0.1, 0.15) is 5.82 Å². The minimum Gasteiger partial charge on any atom is -0.352 e. The van der Waals surface area contributed by atoms with Crippen LogP contribution in [0.1, 0.15) is 40.4 Å². The summed E-state index contributed by atoms with van der Waals surface area (Å²) in [4.78, 5) is 22.1. The van der Waals surface area contributed by atoms with Gasteiger partial charge in [-0.2, -0.15) is 0 Å². The summed E-state index contributed by atoms with van der Waals surface area (Å²) in [5.74, 6) is 0.0357. The van der Waals surface area contributed by atoms with Crippen molar-refractivity contribution in [1.82, 2.24) is 14.9 Å². The summed E-state index contributed by atoms with van der Waals surface area (Å²) in [6.45, 7) is 7.06. The lowest BCUT2D eigenvalue weighted by Crippen LogP contribution is -2.21. The summed E-state index contributed by atoms with van der Waals surface area (Å²) >= 11 is 0. The Kier molecular flexibility index (Phi) is 5.35. The Balaban J connectivity index is 1.49. The normalized spacial score (nSPS) is 17.2. The molecular weight excluding hydrogens is 353 g/mol. The predicted octanol–water partition coefficient (Wildman–Crippen LogP) is 4.49. The van der Waals surface area contributed by atoms with Crippen LogP contribution in [0.15, 0.2) is 55.4 Å². The van der Waals surface area contributed by atoms with E-state index >= 15 is 0 Å². The number of aromatic amines is 1. The molecule has 1 aromatic carbocycles. The number of carbonyl (C=O) groups is 1. The third kappa shape index (κ3) is 4.04. The summed E-state index contributed by atoms with van der Waals surface area (Å²) in [5.41, 5.74) is 3.40. The van der Waals surface area contributed by atoms with Crippen LogP contribution < -0.4 is 0 Å². The summed E-state index contributed by atoms with van der Waals surface area (Å²) in [6, 6.07) is 9.65. The fourth-order valence-corrected chi connectivity index (χ4v) is 3.97. The Morgan fingerprint density at radius 3 is 3.04 bits per heavy atom. The molecule has 3 heterocycles. The summed E-state index contributed by atoms with van der Waals surface area (Å²) in [6.07, 6.45) is 6.95. The van der Waals surface area contributed by atoms with E-state index in [0.717, 1.165) is 49.6 Å². The highest BCUT2D eigenvalue weighted by Crippen LogP contribution is 2.30. The highest BCUT2D eigenvalue weighted by Gasteiger charge is 2.23. The van der Waals surface area contributed by atoms with Gasteiger partial charge in [-0.15, -0.1) is 6.58 Å². The molecule has 1 N–H and O–H groups in total. The molecule has 1 aliphatic heterocycles. The van der Waals surface area contributed by atoms with Crippen molar-refractivity contribution < 1.29 is 9.18 Å². The maximum Gasteiger partial charge on any atom is 0.183 e. The number of H-pyrrole nitrogens is 1. The van der Waals surface area contributed by atoms with Gasteiger partial charge < -0.3 is 9.88 Å². The van der Waals surface area contributed by atoms with Crippen molar-refractivity contribution in [1.29, 1.82) is 0 Å².